The summed E-state index contributed by atoms with van der Waals surface area (Å²) in [5, 5.41) is 10.3. The van der Waals surface area contributed by atoms with Gasteiger partial charge in [-0.05, 0) is 11.6 Å². The Morgan fingerprint density at radius 3 is 2.84 bits per heavy atom. The molecule has 1 saturated heterocycles. The molecule has 1 fully saturated rings. The Balaban J connectivity index is 0.00000182. The summed E-state index contributed by atoms with van der Waals surface area (Å²) in [6.07, 6.45) is 4.17. The van der Waals surface area contributed by atoms with Crippen molar-refractivity contribution in [2.45, 2.75) is 11.8 Å². The number of rotatable bonds is 4. The number of carbonyl (C=O) groups is 2. The van der Waals surface area contributed by atoms with Gasteiger partial charge in [-0.15, -0.1) is 11.8 Å². The summed E-state index contributed by atoms with van der Waals surface area (Å²) in [5.41, 5.74) is 2.44. The van der Waals surface area contributed by atoms with Crippen LogP contribution in [-0.2, 0) is 16.0 Å². The van der Waals surface area contributed by atoms with Crippen molar-refractivity contribution in [3.63, 3.8) is 0 Å². The molecule has 4 rings (SSSR count). The molecule has 2 N–H and O–H groups in total. The molecule has 2 aromatic rings. The summed E-state index contributed by atoms with van der Waals surface area (Å²) in [4.78, 5) is 32.1. The van der Waals surface area contributed by atoms with Crippen LogP contribution in [0.1, 0.15) is 17.1 Å². The number of hydrogen-bond donors (Lipinski definition) is 2. The Kier molecular flexibility index (Phi) is 5.19. The molecule has 122 valence electrons. The number of imidazole rings is 1. The second-order valence-corrected chi connectivity index (χ2v) is 6.46. The number of thioether (sulfide) groups is 1. The summed E-state index contributed by atoms with van der Waals surface area (Å²) >= 11 is 1.33. The number of fused-ring (bicyclic) bond motifs is 1. The number of carboxylic acids is 1. The molecule has 2 aliphatic heterocycles. The fourth-order valence-corrected chi connectivity index (χ4v) is 3.88. The predicted octanol–water partition coefficient (Wildman–Crippen LogP) is 1.58. The predicted molar refractivity (Wildman–Crippen MR) is 96.9 cm³/mol. The molecule has 6 nitrogen and oxygen atoms in total. The van der Waals surface area contributed by atoms with Gasteiger partial charge in [-0.3, -0.25) is 9.69 Å². The molecule has 8 heteroatoms. The second-order valence-electron chi connectivity index (χ2n) is 5.51. The third-order valence-corrected chi connectivity index (χ3v) is 5.00. The number of hydrogen-bond acceptors (Lipinski definition) is 4. The molecule has 1 aromatic heterocycles. The Morgan fingerprint density at radius 1 is 1.36 bits per heavy atom. The van der Waals surface area contributed by atoms with Crippen molar-refractivity contribution in [1.82, 2.24) is 14.9 Å². The van der Waals surface area contributed by atoms with Crippen LogP contribution in [0.5, 0.6) is 0 Å². The number of carbonyl (C=O) groups excluding carboxylic acids is 1. The van der Waals surface area contributed by atoms with Crippen molar-refractivity contribution in [2.24, 2.45) is 0 Å². The average Bonchev–Trinajstić information content (AvgIpc) is 3.18. The van der Waals surface area contributed by atoms with E-state index in [1.54, 1.807) is 12.3 Å². The van der Waals surface area contributed by atoms with Crippen LogP contribution in [0.25, 0.3) is 6.08 Å². The molecular weight excluding hydrogens is 349 g/mol. The summed E-state index contributed by atoms with van der Waals surface area (Å²) in [6, 6.07) is 9.99. The van der Waals surface area contributed by atoms with E-state index < -0.39 is 5.97 Å². The average molecular weight is 363 g/mol. The summed E-state index contributed by atoms with van der Waals surface area (Å²) in [6.45, 7) is 0. The van der Waals surface area contributed by atoms with Crippen LogP contribution >= 0.6 is 11.8 Å². The third kappa shape index (κ3) is 3.32. The number of nitrogens with one attached hydrogen (secondary N) is 1. The van der Waals surface area contributed by atoms with Gasteiger partial charge in [-0.1, -0.05) is 30.3 Å². The van der Waals surface area contributed by atoms with Crippen LogP contribution in [0, 0.1) is 0 Å². The number of aromatic nitrogens is 2. The van der Waals surface area contributed by atoms with Crippen LogP contribution < -0.4 is 0 Å². The molecule has 2 aliphatic rings. The van der Waals surface area contributed by atoms with Crippen LogP contribution in [0.2, 0.25) is 0 Å². The number of aromatic amines is 1. The molecular formula is C17H14N3NaO3S. The van der Waals surface area contributed by atoms with Crippen molar-refractivity contribution in [3.05, 3.63) is 70.3 Å². The molecule has 1 amide bonds. The number of β-lactam (4-membered cyclic amide) rings is 1. The maximum atomic E-state index is 12.2. The van der Waals surface area contributed by atoms with Gasteiger partial charge in [0.25, 0.3) is 5.91 Å². The van der Waals surface area contributed by atoms with Gasteiger partial charge in [0.05, 0.1) is 11.3 Å². The van der Waals surface area contributed by atoms with Crippen LogP contribution in [0.4, 0.5) is 0 Å². The Morgan fingerprint density at radius 2 is 2.12 bits per heavy atom. The van der Waals surface area contributed by atoms with Crippen LogP contribution in [0.15, 0.2) is 53.2 Å². The molecule has 1 unspecified atom stereocenters. The van der Waals surface area contributed by atoms with E-state index >= 15 is 0 Å². The van der Waals surface area contributed by atoms with Gasteiger partial charge in [-0.2, -0.15) is 0 Å². The number of H-pyrrole nitrogens is 1. The summed E-state index contributed by atoms with van der Waals surface area (Å²) < 4.78 is 0. The molecule has 25 heavy (non-hydrogen) atoms. The number of nitrogens with zero attached hydrogens (tertiary/aromatic N) is 2. The second kappa shape index (κ2) is 7.21. The van der Waals surface area contributed by atoms with E-state index in [9.17, 15) is 9.59 Å². The Labute approximate surface area is 170 Å². The first-order chi connectivity index (χ1) is 11.6. The fraction of sp³-hybridized carbons (Fsp3) is 0.118. The SMILES string of the molecule is O=C(O)C1=CSC2/C(=C\c3c[nH]c(Cc4ccccc4)n3)C(=O)N12.[NaH]. The van der Waals surface area contributed by atoms with Crippen LogP contribution in [0.3, 0.4) is 0 Å². The fourth-order valence-electron chi connectivity index (χ4n) is 2.76. The third-order valence-electron chi connectivity index (χ3n) is 3.92. The number of benzene rings is 1. The van der Waals surface area contributed by atoms with Gasteiger partial charge in [0.2, 0.25) is 0 Å². The number of carboxylic acid groups (broad SMARTS) is 1. The Bertz CT molecular complexity index is 892. The van der Waals surface area contributed by atoms with Crippen molar-refractivity contribution in [2.75, 3.05) is 0 Å². The van der Waals surface area contributed by atoms with Gasteiger partial charge < -0.3 is 10.1 Å². The molecule has 0 radical (unpaired) electrons. The van der Waals surface area contributed by atoms with E-state index in [-0.39, 0.29) is 46.5 Å². The number of aliphatic carboxylic acids is 1. The first-order valence-corrected chi connectivity index (χ1v) is 8.30. The van der Waals surface area contributed by atoms with E-state index in [1.165, 1.54) is 22.1 Å². The molecule has 0 aliphatic carbocycles. The monoisotopic (exact) mass is 363 g/mol. The quantitative estimate of drug-likeness (QED) is 0.489. The van der Waals surface area contributed by atoms with Crippen molar-refractivity contribution >= 4 is 59.3 Å². The Hall–Kier alpha value is -1.80. The zero-order valence-corrected chi connectivity index (χ0v) is 13.3. The topological polar surface area (TPSA) is 86.3 Å². The minimum absolute atomic E-state index is 0. The summed E-state index contributed by atoms with van der Waals surface area (Å²) in [7, 11) is 0. The normalized spacial score (nSPS) is 19.9. The molecule has 0 spiro atoms. The van der Waals surface area contributed by atoms with Gasteiger partial charge in [-0.25, -0.2) is 9.78 Å². The molecule has 1 atom stereocenters. The molecule has 1 aromatic carbocycles. The minimum atomic E-state index is -1.08. The van der Waals surface area contributed by atoms with E-state index in [0.29, 0.717) is 17.7 Å². The van der Waals surface area contributed by atoms with Gasteiger partial charge in [0.15, 0.2) is 0 Å². The summed E-state index contributed by atoms with van der Waals surface area (Å²) in [5.74, 6) is -0.534. The van der Waals surface area contributed by atoms with E-state index in [2.05, 4.69) is 9.97 Å². The van der Waals surface area contributed by atoms with Gasteiger partial charge >= 0.3 is 35.5 Å². The standard InChI is InChI=1S/C17H13N3O3S.Na.H/c21-15-12(16-20(15)13(9-24-16)17(22)23)7-11-8-18-14(19-11)6-10-4-2-1-3-5-10;;/h1-5,7-9,16H,6H2,(H,18,19)(H,22,23);;/b12-7-;;. The maximum absolute atomic E-state index is 12.2. The number of amides is 1. The van der Waals surface area contributed by atoms with Crippen LogP contribution in [-0.4, -0.2) is 66.8 Å². The van der Waals surface area contributed by atoms with E-state index in [1.807, 2.05) is 30.3 Å². The first-order valence-electron chi connectivity index (χ1n) is 7.36. The molecule has 0 saturated carbocycles. The van der Waals surface area contributed by atoms with Gasteiger partial charge in [0.1, 0.15) is 16.9 Å². The molecule has 3 heterocycles. The van der Waals surface area contributed by atoms with E-state index in [4.69, 9.17) is 5.11 Å². The van der Waals surface area contributed by atoms with E-state index in [0.717, 1.165) is 11.4 Å². The zero-order chi connectivity index (χ0) is 16.7. The molecule has 0 bridgehead atoms. The van der Waals surface area contributed by atoms with Crippen molar-refractivity contribution < 1.29 is 14.7 Å². The first kappa shape index (κ1) is 18.0. The van der Waals surface area contributed by atoms with Crippen molar-refractivity contribution in [1.29, 1.82) is 0 Å². The van der Waals surface area contributed by atoms with Gasteiger partial charge in [0, 0.05) is 18.0 Å². The van der Waals surface area contributed by atoms with Crippen molar-refractivity contribution in [3.8, 4) is 0 Å². The zero-order valence-electron chi connectivity index (χ0n) is 12.5.